The third-order valence-electron chi connectivity index (χ3n) is 9.49. The zero-order valence-corrected chi connectivity index (χ0v) is 43.0. The van der Waals surface area contributed by atoms with Crippen LogP contribution in [0, 0.1) is 88.8 Å². The van der Waals surface area contributed by atoms with Gasteiger partial charge in [0.05, 0.1) is 54.8 Å². The first-order chi connectivity index (χ1) is 35.4. The van der Waals surface area contributed by atoms with Gasteiger partial charge in [-0.15, -0.1) is 0 Å². The van der Waals surface area contributed by atoms with Crippen LogP contribution in [0.2, 0.25) is 0 Å². The summed E-state index contributed by atoms with van der Waals surface area (Å²) >= 11 is 7.16. The summed E-state index contributed by atoms with van der Waals surface area (Å²) in [4.78, 5) is 19.7. The zero-order chi connectivity index (χ0) is 54.9. The van der Waals surface area contributed by atoms with Crippen molar-refractivity contribution in [2.75, 3.05) is 5.73 Å². The molecule has 22 heteroatoms. The van der Waals surface area contributed by atoms with Crippen molar-refractivity contribution in [3.05, 3.63) is 245 Å². The van der Waals surface area contributed by atoms with Gasteiger partial charge in [-0.25, -0.2) is 17.6 Å². The van der Waals surface area contributed by atoms with E-state index in [0.29, 0.717) is 50.2 Å². The van der Waals surface area contributed by atoms with Crippen molar-refractivity contribution in [2.45, 2.75) is 0 Å². The fourth-order valence-electron chi connectivity index (χ4n) is 6.23. The standard InChI is InChI=1S/C13H7BrFN.C13H7FN2O2.C13H9FN2.C7H3BrFN.C6H6BNO4.O.Pt/c14-11-5-1-3-9(7-11)13-10(8-16)4-2-6-12(13)15;14-12-6-2-4-10(8-15)13(12)9-3-1-5-11(7-9)16(17)18;14-12-6-2-4-10(8-15)13(12)9-3-1-5-11(16)7-9;8-7-5(4-10)2-1-3-6(7)9;9-7(10)5-2-1-3-6(4-5)8(11)12;;/h1-7H;1-7H;1-7H,16H2;1-3H;1-4,9-10H;;. The second-order valence-corrected chi connectivity index (χ2v) is 15.9. The number of nitro groups is 2. The molecule has 0 aliphatic heterocycles. The summed E-state index contributed by atoms with van der Waals surface area (Å²) in [7, 11) is -1.66. The van der Waals surface area contributed by atoms with Gasteiger partial charge in [0.2, 0.25) is 0 Å². The van der Waals surface area contributed by atoms with E-state index in [-0.39, 0.29) is 38.3 Å². The molecule has 0 heterocycles. The zero-order valence-electron chi connectivity index (χ0n) is 37.5. The summed E-state index contributed by atoms with van der Waals surface area (Å²) in [6.45, 7) is 0. The second kappa shape index (κ2) is 30.4. The molecule has 0 aromatic heterocycles. The molecule has 0 aliphatic rings. The molecule has 0 fully saturated rings. The predicted molar refractivity (Wildman–Crippen MR) is 271 cm³/mol. The fraction of sp³-hybridized carbons (Fsp3) is 0. The Hall–Kier alpha value is -8.53. The molecule has 372 valence electrons. The Morgan fingerprint density at radius 3 is 1.23 bits per heavy atom. The van der Waals surface area contributed by atoms with E-state index in [9.17, 15) is 37.8 Å². The quantitative estimate of drug-likeness (QED) is 0.0461. The van der Waals surface area contributed by atoms with Crippen LogP contribution in [0.5, 0.6) is 0 Å². The summed E-state index contributed by atoms with van der Waals surface area (Å²) in [6, 6.07) is 49.9. The van der Waals surface area contributed by atoms with E-state index in [4.69, 9.17) is 40.2 Å². The number of halogens is 6. The van der Waals surface area contributed by atoms with Gasteiger partial charge in [-0.3, -0.25) is 20.2 Å². The van der Waals surface area contributed by atoms with Crippen LogP contribution in [-0.4, -0.2) is 27.0 Å². The molecule has 0 amide bonds. The van der Waals surface area contributed by atoms with Crippen molar-refractivity contribution in [1.29, 1.82) is 21.0 Å². The fourth-order valence-corrected chi connectivity index (χ4v) is 6.99. The van der Waals surface area contributed by atoms with Crippen LogP contribution in [0.3, 0.4) is 0 Å². The maximum atomic E-state index is 13.7. The molecule has 0 saturated carbocycles. The number of nitrogens with two attached hydrogens (primary N) is 1. The molecule has 0 radical (unpaired) electrons. The van der Waals surface area contributed by atoms with Crippen LogP contribution < -0.4 is 11.2 Å². The van der Waals surface area contributed by atoms with Gasteiger partial charge in [-0.1, -0.05) is 88.7 Å². The van der Waals surface area contributed by atoms with Crippen LogP contribution in [0.25, 0.3) is 33.4 Å². The molecular weight excluding hydrogens is 1280 g/mol. The van der Waals surface area contributed by atoms with Gasteiger partial charge in [-0.2, -0.15) is 21.0 Å². The normalized spacial score (nSPS) is 9.43. The van der Waals surface area contributed by atoms with E-state index in [2.05, 4.69) is 31.9 Å². The topological polar surface area (TPSA) is 265 Å². The summed E-state index contributed by atoms with van der Waals surface area (Å²) in [6.07, 6.45) is 0. The number of hydrogen-bond acceptors (Lipinski definition) is 12. The van der Waals surface area contributed by atoms with Gasteiger partial charge in [0.1, 0.15) is 29.3 Å². The average Bonchev–Trinajstić information content (AvgIpc) is 3.40. The Labute approximate surface area is 448 Å². The molecule has 8 aromatic carbocycles. The second-order valence-electron chi connectivity index (χ2n) is 14.2. The first-order valence-electron chi connectivity index (χ1n) is 20.4. The number of hydrogen-bond donors (Lipinski definition) is 3. The third-order valence-corrected chi connectivity index (χ3v) is 10.8. The number of nitro benzene ring substituents is 2. The Morgan fingerprint density at radius 2 is 0.838 bits per heavy atom. The number of nitrogen functional groups attached to an aromatic ring is 1. The summed E-state index contributed by atoms with van der Waals surface area (Å²) in [5.74, 6) is -1.77. The summed E-state index contributed by atoms with van der Waals surface area (Å²) < 4.78 is 63.0. The molecule has 0 saturated heterocycles. The van der Waals surface area contributed by atoms with E-state index in [0.717, 1.165) is 30.3 Å². The van der Waals surface area contributed by atoms with Gasteiger partial charge < -0.3 is 15.8 Å². The molecule has 0 spiro atoms. The first kappa shape index (κ1) is 59.8. The average molecular weight is 1310 g/mol. The molecule has 4 N–H and O–H groups in total. The van der Waals surface area contributed by atoms with Gasteiger partial charge >= 0.3 is 30.3 Å². The third kappa shape index (κ3) is 17.4. The predicted octanol–water partition coefficient (Wildman–Crippen LogP) is 12.0. The molecule has 0 bridgehead atoms. The van der Waals surface area contributed by atoms with Crippen LogP contribution in [0.15, 0.2) is 179 Å². The SMILES string of the molecule is N#Cc1cccc(F)c1-c1cccc(Br)c1.N#Cc1cccc(F)c1-c1cccc(N)c1.N#Cc1cccc(F)c1-c1cccc([N+](=O)[O-])c1.N#Cc1cccc(F)c1Br.O=[N+]([O-])c1cccc(B(O)O)c1.[O]=[Pt]. The Kier molecular flexibility index (Phi) is 24.5. The van der Waals surface area contributed by atoms with Crippen LogP contribution in [-0.2, 0) is 23.2 Å². The molecule has 8 aromatic rings. The number of anilines is 1. The van der Waals surface area contributed by atoms with Crippen molar-refractivity contribution >= 4 is 61.5 Å². The van der Waals surface area contributed by atoms with E-state index < -0.39 is 34.4 Å². The maximum absolute atomic E-state index is 13.7. The molecule has 8 rings (SSSR count). The van der Waals surface area contributed by atoms with Crippen LogP contribution >= 0.6 is 31.9 Å². The van der Waals surface area contributed by atoms with Gasteiger partial charge in [0, 0.05) is 51.1 Å². The van der Waals surface area contributed by atoms with E-state index >= 15 is 0 Å². The number of nitriles is 4. The molecule has 74 heavy (non-hydrogen) atoms. The van der Waals surface area contributed by atoms with Crippen LogP contribution in [0.4, 0.5) is 34.6 Å². The van der Waals surface area contributed by atoms with E-state index in [1.54, 1.807) is 54.6 Å². The van der Waals surface area contributed by atoms with Gasteiger partial charge in [-0.05, 0) is 111 Å². The summed E-state index contributed by atoms with van der Waals surface area (Å²) in [5, 5.41) is 73.4. The Bertz CT molecular complexity index is 3360. The van der Waals surface area contributed by atoms with Crippen molar-refractivity contribution < 1.29 is 60.6 Å². The first-order valence-corrected chi connectivity index (χ1v) is 23.0. The molecule has 0 atom stereocenters. The summed E-state index contributed by atoms with van der Waals surface area (Å²) in [5.41, 5.74) is 9.51. The van der Waals surface area contributed by atoms with Crippen molar-refractivity contribution in [1.82, 2.24) is 0 Å². The number of non-ortho nitro benzene ring substituents is 2. The molecule has 14 nitrogen and oxygen atoms in total. The van der Waals surface area contributed by atoms with E-state index in [1.807, 2.05) is 36.4 Å². The minimum atomic E-state index is -1.66. The van der Waals surface area contributed by atoms with Crippen LogP contribution in [0.1, 0.15) is 22.3 Å². The number of nitrogens with zero attached hydrogens (tertiary/aromatic N) is 6. The molecular formula is C52H32BBr2F4N7O7Pt. The number of benzene rings is 8. The van der Waals surface area contributed by atoms with Crippen molar-refractivity contribution in [3.63, 3.8) is 0 Å². The monoisotopic (exact) mass is 1310 g/mol. The minimum absolute atomic E-state index is 0.0868. The molecule has 0 aliphatic carbocycles. The van der Waals surface area contributed by atoms with Crippen molar-refractivity contribution in [3.8, 4) is 57.7 Å². The van der Waals surface area contributed by atoms with E-state index in [1.165, 1.54) is 97.1 Å². The van der Waals surface area contributed by atoms with Gasteiger partial charge in [0.25, 0.3) is 11.4 Å². The van der Waals surface area contributed by atoms with Crippen molar-refractivity contribution in [2.24, 2.45) is 0 Å². The Balaban J connectivity index is 0.000000245. The Morgan fingerprint density at radius 1 is 0.486 bits per heavy atom. The molecule has 0 unspecified atom stereocenters. The number of rotatable bonds is 6. The van der Waals surface area contributed by atoms with Gasteiger partial charge in [0.15, 0.2) is 0 Å².